The molecule has 102 valence electrons. The third kappa shape index (κ3) is 3.69. The molecular weight excluding hydrogens is 262 g/mol. The quantitative estimate of drug-likeness (QED) is 0.897. The van der Waals surface area contributed by atoms with Gasteiger partial charge in [-0.05, 0) is 29.8 Å². The number of ether oxygens (including phenoxy) is 1. The highest BCUT2D eigenvalue weighted by molar-refractivity contribution is 5.47. The van der Waals surface area contributed by atoms with E-state index in [-0.39, 0.29) is 5.75 Å². The summed E-state index contributed by atoms with van der Waals surface area (Å²) in [7, 11) is 0. The molecule has 0 fully saturated rings. The van der Waals surface area contributed by atoms with Gasteiger partial charge in [-0.15, -0.1) is 0 Å². The first-order chi connectivity index (χ1) is 9.69. The number of halogens is 2. The number of benzene rings is 2. The largest absolute Gasteiger partial charge is 0.435 e. The summed E-state index contributed by atoms with van der Waals surface area (Å²) in [6.45, 7) is -2.85. The van der Waals surface area contributed by atoms with Gasteiger partial charge in [0.25, 0.3) is 0 Å². The summed E-state index contributed by atoms with van der Waals surface area (Å²) < 4.78 is 28.4. The van der Waals surface area contributed by atoms with Gasteiger partial charge < -0.3 is 10.1 Å². The fourth-order valence-corrected chi connectivity index (χ4v) is 1.73. The first kappa shape index (κ1) is 13.8. The summed E-state index contributed by atoms with van der Waals surface area (Å²) in [5.74, 6) is 0.0696. The zero-order valence-electron chi connectivity index (χ0n) is 10.5. The minimum Gasteiger partial charge on any atom is -0.435 e. The molecule has 1 unspecified atom stereocenters. The van der Waals surface area contributed by atoms with E-state index in [0.717, 1.165) is 5.69 Å². The van der Waals surface area contributed by atoms with Crippen molar-refractivity contribution in [2.75, 3.05) is 5.32 Å². The molecule has 0 bridgehead atoms. The van der Waals surface area contributed by atoms with E-state index in [2.05, 4.69) is 16.1 Å². The Labute approximate surface area is 115 Å². The zero-order chi connectivity index (χ0) is 14.4. The maximum absolute atomic E-state index is 12.0. The van der Waals surface area contributed by atoms with Crippen LogP contribution in [0.2, 0.25) is 0 Å². The average Bonchev–Trinajstić information content (AvgIpc) is 2.46. The Kier molecular flexibility index (Phi) is 4.51. The Bertz CT molecular complexity index is 579. The Morgan fingerprint density at radius 3 is 2.20 bits per heavy atom. The number of alkyl halides is 2. The smallest absolute Gasteiger partial charge is 0.387 e. The molecule has 2 rings (SSSR count). The minimum absolute atomic E-state index is 0.0696. The maximum atomic E-state index is 12.0. The van der Waals surface area contributed by atoms with Gasteiger partial charge in [0.2, 0.25) is 0 Å². The van der Waals surface area contributed by atoms with Crippen LogP contribution in [0.3, 0.4) is 0 Å². The van der Waals surface area contributed by atoms with Crippen LogP contribution >= 0.6 is 0 Å². The first-order valence-corrected chi connectivity index (χ1v) is 5.95. The van der Waals surface area contributed by atoms with Gasteiger partial charge in [0.1, 0.15) is 11.8 Å². The van der Waals surface area contributed by atoms with Gasteiger partial charge >= 0.3 is 6.61 Å². The molecule has 3 nitrogen and oxygen atoms in total. The topological polar surface area (TPSA) is 45.0 Å². The molecule has 0 saturated heterocycles. The van der Waals surface area contributed by atoms with Gasteiger partial charge in [-0.1, -0.05) is 30.3 Å². The van der Waals surface area contributed by atoms with Crippen LogP contribution in [0.4, 0.5) is 14.5 Å². The number of hydrogen-bond acceptors (Lipinski definition) is 3. The number of nitriles is 1. The van der Waals surface area contributed by atoms with Crippen molar-refractivity contribution in [3.05, 3.63) is 60.2 Å². The highest BCUT2D eigenvalue weighted by atomic mass is 19.3. The summed E-state index contributed by atoms with van der Waals surface area (Å²) in [5.41, 5.74) is 1.49. The summed E-state index contributed by atoms with van der Waals surface area (Å²) in [4.78, 5) is 0. The SMILES string of the molecule is N#CC(Nc1ccccc1)c1ccc(OC(F)F)cc1. The van der Waals surface area contributed by atoms with E-state index in [9.17, 15) is 14.0 Å². The van der Waals surface area contributed by atoms with E-state index in [1.807, 2.05) is 30.3 Å². The third-order valence-corrected chi connectivity index (χ3v) is 2.65. The molecule has 20 heavy (non-hydrogen) atoms. The number of nitrogens with zero attached hydrogens (tertiary/aromatic N) is 1. The third-order valence-electron chi connectivity index (χ3n) is 2.65. The normalized spacial score (nSPS) is 11.7. The Hall–Kier alpha value is -2.61. The number of hydrogen-bond donors (Lipinski definition) is 1. The summed E-state index contributed by atoms with van der Waals surface area (Å²) in [5, 5.41) is 12.2. The second-order valence-corrected chi connectivity index (χ2v) is 4.02. The van der Waals surface area contributed by atoms with Crippen LogP contribution in [-0.4, -0.2) is 6.61 Å². The molecule has 2 aromatic carbocycles. The highest BCUT2D eigenvalue weighted by Crippen LogP contribution is 2.22. The lowest BCUT2D eigenvalue weighted by atomic mass is 10.1. The van der Waals surface area contributed by atoms with Crippen molar-refractivity contribution in [2.45, 2.75) is 12.7 Å². The number of anilines is 1. The second kappa shape index (κ2) is 6.53. The predicted molar refractivity (Wildman–Crippen MR) is 71.5 cm³/mol. The Morgan fingerprint density at radius 1 is 1.00 bits per heavy atom. The summed E-state index contributed by atoms with van der Waals surface area (Å²) in [6.07, 6.45) is 0. The van der Waals surface area contributed by atoms with Crippen molar-refractivity contribution in [1.29, 1.82) is 5.26 Å². The molecule has 0 heterocycles. The van der Waals surface area contributed by atoms with Gasteiger partial charge in [0.15, 0.2) is 0 Å². The molecule has 0 amide bonds. The van der Waals surface area contributed by atoms with Crippen molar-refractivity contribution in [3.63, 3.8) is 0 Å². The number of nitrogens with one attached hydrogen (secondary N) is 1. The zero-order valence-corrected chi connectivity index (χ0v) is 10.5. The Morgan fingerprint density at radius 2 is 1.65 bits per heavy atom. The maximum Gasteiger partial charge on any atom is 0.387 e. The highest BCUT2D eigenvalue weighted by Gasteiger charge is 2.11. The molecule has 5 heteroatoms. The molecule has 1 N–H and O–H groups in total. The van der Waals surface area contributed by atoms with Crippen molar-refractivity contribution < 1.29 is 13.5 Å². The van der Waals surface area contributed by atoms with Gasteiger partial charge in [-0.2, -0.15) is 14.0 Å². The lowest BCUT2D eigenvalue weighted by molar-refractivity contribution is -0.0498. The number of rotatable bonds is 5. The molecule has 0 aliphatic heterocycles. The Balaban J connectivity index is 2.10. The predicted octanol–water partition coefficient (Wildman–Crippen LogP) is 3.96. The standard InChI is InChI=1S/C15H12F2N2O/c16-15(17)20-13-8-6-11(7-9-13)14(10-18)19-12-4-2-1-3-5-12/h1-9,14-15,19H. The van der Waals surface area contributed by atoms with Gasteiger partial charge in [-0.25, -0.2) is 0 Å². The van der Waals surface area contributed by atoms with E-state index < -0.39 is 12.7 Å². The van der Waals surface area contributed by atoms with Gasteiger partial charge in [0.05, 0.1) is 6.07 Å². The van der Waals surface area contributed by atoms with E-state index in [0.29, 0.717) is 5.56 Å². The van der Waals surface area contributed by atoms with E-state index in [1.165, 1.54) is 12.1 Å². The van der Waals surface area contributed by atoms with Gasteiger partial charge in [-0.3, -0.25) is 0 Å². The summed E-state index contributed by atoms with van der Waals surface area (Å²) in [6, 6.07) is 16.9. The van der Waals surface area contributed by atoms with E-state index in [4.69, 9.17) is 0 Å². The van der Waals surface area contributed by atoms with Crippen LogP contribution in [0.25, 0.3) is 0 Å². The van der Waals surface area contributed by atoms with Crippen LogP contribution in [0.1, 0.15) is 11.6 Å². The molecule has 0 spiro atoms. The van der Waals surface area contributed by atoms with Crippen molar-refractivity contribution in [1.82, 2.24) is 0 Å². The molecule has 0 aliphatic rings. The second-order valence-electron chi connectivity index (χ2n) is 4.02. The van der Waals surface area contributed by atoms with Crippen LogP contribution in [0.5, 0.6) is 5.75 Å². The molecule has 0 aliphatic carbocycles. The fourth-order valence-electron chi connectivity index (χ4n) is 1.73. The van der Waals surface area contributed by atoms with Crippen LogP contribution in [0, 0.1) is 11.3 Å². The molecule has 0 saturated carbocycles. The van der Waals surface area contributed by atoms with Crippen LogP contribution in [0.15, 0.2) is 54.6 Å². The lowest BCUT2D eigenvalue weighted by Gasteiger charge is -2.13. The lowest BCUT2D eigenvalue weighted by Crippen LogP contribution is -2.08. The fraction of sp³-hybridized carbons (Fsp3) is 0.133. The molecule has 0 radical (unpaired) electrons. The van der Waals surface area contributed by atoms with Gasteiger partial charge in [0, 0.05) is 5.69 Å². The van der Waals surface area contributed by atoms with E-state index >= 15 is 0 Å². The average molecular weight is 274 g/mol. The monoisotopic (exact) mass is 274 g/mol. The van der Waals surface area contributed by atoms with Crippen molar-refractivity contribution in [2.24, 2.45) is 0 Å². The molecular formula is C15H12F2N2O. The molecule has 0 aromatic heterocycles. The minimum atomic E-state index is -2.85. The van der Waals surface area contributed by atoms with Crippen LogP contribution in [-0.2, 0) is 0 Å². The molecule has 1 atom stereocenters. The number of para-hydroxylation sites is 1. The van der Waals surface area contributed by atoms with Crippen molar-refractivity contribution in [3.8, 4) is 11.8 Å². The van der Waals surface area contributed by atoms with Crippen LogP contribution < -0.4 is 10.1 Å². The first-order valence-electron chi connectivity index (χ1n) is 5.95. The van der Waals surface area contributed by atoms with E-state index in [1.54, 1.807) is 12.1 Å². The summed E-state index contributed by atoms with van der Waals surface area (Å²) >= 11 is 0. The van der Waals surface area contributed by atoms with Crippen molar-refractivity contribution >= 4 is 5.69 Å². The molecule has 2 aromatic rings.